The lowest BCUT2D eigenvalue weighted by atomic mass is 9.99. The molecule has 0 aliphatic rings. The third-order valence-corrected chi connectivity index (χ3v) is 3.29. The smallest absolute Gasteiger partial charge is 0.231 e. The fourth-order valence-corrected chi connectivity index (χ4v) is 2.28. The standard InChI is InChI=1S/C17H20N2O/c1-11-7-12(2)9-16(8-11)19-17(20)13(3)14-5-4-6-15(18)10-14/h4-10,13H,18H2,1-3H3,(H,19,20). The Balaban J connectivity index is 2.15. The Morgan fingerprint density at radius 1 is 1.10 bits per heavy atom. The second-order valence-electron chi connectivity index (χ2n) is 5.26. The lowest BCUT2D eigenvalue weighted by Gasteiger charge is -2.14. The monoisotopic (exact) mass is 268 g/mol. The third kappa shape index (κ3) is 3.38. The molecule has 1 amide bonds. The highest BCUT2D eigenvalue weighted by molar-refractivity contribution is 5.95. The van der Waals surface area contributed by atoms with Crippen LogP contribution >= 0.6 is 0 Å². The molecular weight excluding hydrogens is 248 g/mol. The Labute approximate surface area is 119 Å². The van der Waals surface area contributed by atoms with Crippen LogP contribution in [0.3, 0.4) is 0 Å². The summed E-state index contributed by atoms with van der Waals surface area (Å²) in [5, 5.41) is 2.96. The lowest BCUT2D eigenvalue weighted by Crippen LogP contribution is -2.19. The molecule has 3 heteroatoms. The maximum Gasteiger partial charge on any atom is 0.231 e. The van der Waals surface area contributed by atoms with Crippen LogP contribution in [-0.4, -0.2) is 5.91 Å². The molecule has 0 saturated carbocycles. The highest BCUT2D eigenvalue weighted by atomic mass is 16.1. The number of benzene rings is 2. The third-order valence-electron chi connectivity index (χ3n) is 3.29. The van der Waals surface area contributed by atoms with Crippen molar-refractivity contribution < 1.29 is 4.79 Å². The highest BCUT2D eigenvalue weighted by Crippen LogP contribution is 2.21. The summed E-state index contributed by atoms with van der Waals surface area (Å²) in [5.41, 5.74) is 10.5. The highest BCUT2D eigenvalue weighted by Gasteiger charge is 2.15. The molecule has 0 radical (unpaired) electrons. The number of rotatable bonds is 3. The van der Waals surface area contributed by atoms with Crippen LogP contribution < -0.4 is 11.1 Å². The largest absolute Gasteiger partial charge is 0.399 e. The van der Waals surface area contributed by atoms with Crippen molar-refractivity contribution in [2.24, 2.45) is 0 Å². The van der Waals surface area contributed by atoms with Crippen LogP contribution in [0.25, 0.3) is 0 Å². The van der Waals surface area contributed by atoms with Crippen molar-refractivity contribution in [1.82, 2.24) is 0 Å². The van der Waals surface area contributed by atoms with Gasteiger partial charge in [0.25, 0.3) is 0 Å². The van der Waals surface area contributed by atoms with E-state index in [1.807, 2.05) is 57.2 Å². The summed E-state index contributed by atoms with van der Waals surface area (Å²) in [6.45, 7) is 5.92. The van der Waals surface area contributed by atoms with E-state index in [2.05, 4.69) is 11.4 Å². The number of amides is 1. The van der Waals surface area contributed by atoms with Gasteiger partial charge >= 0.3 is 0 Å². The van der Waals surface area contributed by atoms with Crippen molar-refractivity contribution in [1.29, 1.82) is 0 Å². The Morgan fingerprint density at radius 3 is 2.35 bits per heavy atom. The molecule has 2 rings (SSSR count). The second kappa shape index (κ2) is 5.78. The van der Waals surface area contributed by atoms with Crippen LogP contribution in [0.15, 0.2) is 42.5 Å². The van der Waals surface area contributed by atoms with E-state index < -0.39 is 0 Å². The summed E-state index contributed by atoms with van der Waals surface area (Å²) in [7, 11) is 0. The van der Waals surface area contributed by atoms with Gasteiger partial charge in [0.2, 0.25) is 5.91 Å². The minimum atomic E-state index is -0.237. The zero-order valence-corrected chi connectivity index (χ0v) is 12.1. The molecule has 0 heterocycles. The van der Waals surface area contributed by atoms with Crippen molar-refractivity contribution in [3.63, 3.8) is 0 Å². The zero-order chi connectivity index (χ0) is 14.7. The van der Waals surface area contributed by atoms with Gasteiger partial charge in [-0.2, -0.15) is 0 Å². The molecular formula is C17H20N2O. The second-order valence-corrected chi connectivity index (χ2v) is 5.26. The van der Waals surface area contributed by atoms with E-state index in [0.717, 1.165) is 22.4 Å². The summed E-state index contributed by atoms with van der Waals surface area (Å²) >= 11 is 0. The summed E-state index contributed by atoms with van der Waals surface area (Å²) in [6.07, 6.45) is 0. The number of anilines is 2. The van der Waals surface area contributed by atoms with E-state index in [9.17, 15) is 4.79 Å². The lowest BCUT2D eigenvalue weighted by molar-refractivity contribution is -0.117. The molecule has 3 N–H and O–H groups in total. The summed E-state index contributed by atoms with van der Waals surface area (Å²) in [5.74, 6) is -0.264. The van der Waals surface area contributed by atoms with Gasteiger partial charge in [-0.05, 0) is 61.7 Å². The van der Waals surface area contributed by atoms with Crippen molar-refractivity contribution in [3.8, 4) is 0 Å². The molecule has 0 spiro atoms. The number of carbonyl (C=O) groups excluding carboxylic acids is 1. The maximum atomic E-state index is 12.3. The fourth-order valence-electron chi connectivity index (χ4n) is 2.28. The molecule has 1 atom stereocenters. The SMILES string of the molecule is Cc1cc(C)cc(NC(=O)C(C)c2cccc(N)c2)c1. The number of hydrogen-bond donors (Lipinski definition) is 2. The molecule has 0 aliphatic carbocycles. The average Bonchev–Trinajstić information content (AvgIpc) is 2.36. The first kappa shape index (κ1) is 14.1. The van der Waals surface area contributed by atoms with Crippen molar-refractivity contribution in [3.05, 3.63) is 59.2 Å². The van der Waals surface area contributed by atoms with Gasteiger partial charge in [-0.3, -0.25) is 4.79 Å². The van der Waals surface area contributed by atoms with E-state index in [1.54, 1.807) is 0 Å². The van der Waals surface area contributed by atoms with Gasteiger partial charge in [-0.15, -0.1) is 0 Å². The van der Waals surface area contributed by atoms with Gasteiger partial charge in [0, 0.05) is 11.4 Å². The van der Waals surface area contributed by atoms with Crippen LogP contribution in [0.5, 0.6) is 0 Å². The predicted molar refractivity (Wildman–Crippen MR) is 83.8 cm³/mol. The Morgan fingerprint density at radius 2 is 1.75 bits per heavy atom. The maximum absolute atomic E-state index is 12.3. The molecule has 1 unspecified atom stereocenters. The van der Waals surface area contributed by atoms with Crippen LogP contribution in [0.4, 0.5) is 11.4 Å². The molecule has 104 valence electrons. The van der Waals surface area contributed by atoms with Gasteiger partial charge in [-0.25, -0.2) is 0 Å². The van der Waals surface area contributed by atoms with E-state index >= 15 is 0 Å². The number of nitrogens with two attached hydrogens (primary N) is 1. The van der Waals surface area contributed by atoms with Crippen molar-refractivity contribution in [2.75, 3.05) is 11.1 Å². The van der Waals surface area contributed by atoms with E-state index in [4.69, 9.17) is 5.73 Å². The van der Waals surface area contributed by atoms with Gasteiger partial charge < -0.3 is 11.1 Å². The van der Waals surface area contributed by atoms with Gasteiger partial charge in [-0.1, -0.05) is 18.2 Å². The summed E-state index contributed by atoms with van der Waals surface area (Å²) in [4.78, 5) is 12.3. The fraction of sp³-hybridized carbons (Fsp3) is 0.235. The number of hydrogen-bond acceptors (Lipinski definition) is 2. The van der Waals surface area contributed by atoms with Crippen LogP contribution in [0, 0.1) is 13.8 Å². The van der Waals surface area contributed by atoms with Crippen LogP contribution in [0.2, 0.25) is 0 Å². The number of nitrogens with one attached hydrogen (secondary N) is 1. The Hall–Kier alpha value is -2.29. The van der Waals surface area contributed by atoms with Crippen LogP contribution in [-0.2, 0) is 4.79 Å². The Kier molecular flexibility index (Phi) is 4.08. The van der Waals surface area contributed by atoms with E-state index in [0.29, 0.717) is 5.69 Å². The van der Waals surface area contributed by atoms with Crippen molar-refractivity contribution in [2.45, 2.75) is 26.7 Å². The summed E-state index contributed by atoms with van der Waals surface area (Å²) < 4.78 is 0. The number of aryl methyl sites for hydroxylation is 2. The Bertz CT molecular complexity index is 614. The average molecular weight is 268 g/mol. The minimum Gasteiger partial charge on any atom is -0.399 e. The normalized spacial score (nSPS) is 11.9. The predicted octanol–water partition coefficient (Wildman–Crippen LogP) is 3.63. The van der Waals surface area contributed by atoms with E-state index in [1.165, 1.54) is 0 Å². The van der Waals surface area contributed by atoms with Crippen molar-refractivity contribution >= 4 is 17.3 Å². The van der Waals surface area contributed by atoms with Crippen LogP contribution in [0.1, 0.15) is 29.5 Å². The first-order valence-electron chi connectivity index (χ1n) is 6.70. The number of carbonyl (C=O) groups is 1. The zero-order valence-electron chi connectivity index (χ0n) is 12.1. The van der Waals surface area contributed by atoms with E-state index in [-0.39, 0.29) is 11.8 Å². The quantitative estimate of drug-likeness (QED) is 0.835. The van der Waals surface area contributed by atoms with Gasteiger partial charge in [0.15, 0.2) is 0 Å². The molecule has 0 aromatic heterocycles. The molecule has 20 heavy (non-hydrogen) atoms. The topological polar surface area (TPSA) is 55.1 Å². The molecule has 0 saturated heterocycles. The van der Waals surface area contributed by atoms with Gasteiger partial charge in [0.1, 0.15) is 0 Å². The first-order chi connectivity index (χ1) is 9.45. The molecule has 0 fully saturated rings. The molecule has 2 aromatic rings. The minimum absolute atomic E-state index is 0.0272. The molecule has 3 nitrogen and oxygen atoms in total. The molecule has 2 aromatic carbocycles. The molecule has 0 bridgehead atoms. The molecule has 0 aliphatic heterocycles. The first-order valence-corrected chi connectivity index (χ1v) is 6.70. The summed E-state index contributed by atoms with van der Waals surface area (Å²) in [6, 6.07) is 13.5. The van der Waals surface area contributed by atoms with Gasteiger partial charge in [0.05, 0.1) is 5.92 Å². The number of nitrogen functional groups attached to an aromatic ring is 1.